The van der Waals surface area contributed by atoms with Gasteiger partial charge >= 0.3 is 0 Å². The first-order valence-electron chi connectivity index (χ1n) is 9.01. The minimum absolute atomic E-state index is 0.0627. The zero-order valence-electron chi connectivity index (χ0n) is 13.7. The molecule has 2 aliphatic carbocycles. The molecule has 1 aromatic rings. The summed E-state index contributed by atoms with van der Waals surface area (Å²) in [5, 5.41) is 19.8. The van der Waals surface area contributed by atoms with Crippen molar-refractivity contribution in [2.75, 3.05) is 0 Å². The summed E-state index contributed by atoms with van der Waals surface area (Å²) in [7, 11) is 0. The van der Waals surface area contributed by atoms with Crippen LogP contribution in [0.25, 0.3) is 0 Å². The number of hydrogen-bond acceptors (Lipinski definition) is 3. The van der Waals surface area contributed by atoms with E-state index in [1.807, 2.05) is 18.3 Å². The average Bonchev–Trinajstić information content (AvgIpc) is 2.63. The Labute approximate surface area is 139 Å². The fraction of sp³-hybridized carbons (Fsp3) is 0.650. The first-order chi connectivity index (χ1) is 11.3. The molecule has 0 saturated heterocycles. The Hall–Kier alpha value is -1.87. The first-order valence-corrected chi connectivity index (χ1v) is 9.01. The lowest BCUT2D eigenvalue weighted by atomic mass is 9.54. The summed E-state index contributed by atoms with van der Waals surface area (Å²) >= 11 is 0. The fourth-order valence-electron chi connectivity index (χ4n) is 4.95. The van der Waals surface area contributed by atoms with Gasteiger partial charge in [0.15, 0.2) is 0 Å². The summed E-state index contributed by atoms with van der Waals surface area (Å²) < 4.78 is 0. The molecule has 4 unspecified atom stereocenters. The van der Waals surface area contributed by atoms with E-state index in [-0.39, 0.29) is 17.3 Å². The highest BCUT2D eigenvalue weighted by atomic mass is 14.7. The van der Waals surface area contributed by atoms with Crippen LogP contribution in [0.2, 0.25) is 0 Å². The Morgan fingerprint density at radius 3 is 2.65 bits per heavy atom. The summed E-state index contributed by atoms with van der Waals surface area (Å²) in [6, 6.07) is 11.3. The Morgan fingerprint density at radius 2 is 1.91 bits per heavy atom. The molecular weight excluding hydrogens is 282 g/mol. The van der Waals surface area contributed by atoms with E-state index in [9.17, 15) is 10.5 Å². The number of pyridine rings is 1. The predicted octanol–water partition coefficient (Wildman–Crippen LogP) is 4.65. The van der Waals surface area contributed by atoms with E-state index < -0.39 is 0 Å². The molecule has 0 N–H and O–H groups in total. The third kappa shape index (κ3) is 3.11. The maximum absolute atomic E-state index is 10.2. The van der Waals surface area contributed by atoms with Crippen LogP contribution in [-0.2, 0) is 6.42 Å². The second kappa shape index (κ2) is 7.14. The summed E-state index contributed by atoms with van der Waals surface area (Å²) in [5.41, 5.74) is 0.764. The van der Waals surface area contributed by atoms with Crippen LogP contribution in [0.3, 0.4) is 0 Å². The van der Waals surface area contributed by atoms with Gasteiger partial charge in [-0.1, -0.05) is 31.7 Å². The summed E-state index contributed by atoms with van der Waals surface area (Å²) in [6.45, 7) is 0. The molecule has 1 heterocycles. The van der Waals surface area contributed by atoms with Crippen LogP contribution < -0.4 is 0 Å². The van der Waals surface area contributed by atoms with E-state index in [0.29, 0.717) is 5.92 Å². The Kier molecular flexibility index (Phi) is 4.97. The smallest absolute Gasteiger partial charge is 0.0696 e. The largest absolute Gasteiger partial charge is 0.261 e. The second-order valence-corrected chi connectivity index (χ2v) is 7.25. The molecule has 2 aliphatic rings. The molecule has 0 bridgehead atoms. The minimum Gasteiger partial charge on any atom is -0.261 e. The lowest BCUT2D eigenvalue weighted by Gasteiger charge is -2.47. The third-order valence-electron chi connectivity index (χ3n) is 6.10. The van der Waals surface area contributed by atoms with Crippen LogP contribution in [0.15, 0.2) is 24.4 Å². The second-order valence-electron chi connectivity index (χ2n) is 7.25. The average molecular weight is 307 g/mol. The Balaban J connectivity index is 1.90. The molecule has 120 valence electrons. The molecule has 23 heavy (non-hydrogen) atoms. The zero-order chi connectivity index (χ0) is 16.1. The number of aromatic nitrogens is 1. The molecule has 0 radical (unpaired) electrons. The Morgan fingerprint density at radius 1 is 1.09 bits per heavy atom. The van der Waals surface area contributed by atoms with Crippen LogP contribution >= 0.6 is 0 Å². The van der Waals surface area contributed by atoms with Crippen LogP contribution in [0.5, 0.6) is 0 Å². The monoisotopic (exact) mass is 307 g/mol. The van der Waals surface area contributed by atoms with Crippen LogP contribution in [0.4, 0.5) is 0 Å². The van der Waals surface area contributed by atoms with Gasteiger partial charge in [-0.25, -0.2) is 0 Å². The lowest BCUT2D eigenvalue weighted by molar-refractivity contribution is 0.0380. The molecule has 3 rings (SSSR count). The molecule has 0 spiro atoms. The number of rotatable bonds is 3. The molecule has 0 amide bonds. The van der Waals surface area contributed by atoms with E-state index in [4.69, 9.17) is 0 Å². The van der Waals surface area contributed by atoms with Crippen molar-refractivity contribution in [2.45, 2.75) is 57.8 Å². The van der Waals surface area contributed by atoms with Crippen LogP contribution in [-0.4, -0.2) is 4.98 Å². The number of hydrogen-bond donors (Lipinski definition) is 0. The van der Waals surface area contributed by atoms with Gasteiger partial charge < -0.3 is 0 Å². The van der Waals surface area contributed by atoms with Crippen molar-refractivity contribution < 1.29 is 0 Å². The van der Waals surface area contributed by atoms with Crippen molar-refractivity contribution in [2.24, 2.45) is 23.2 Å². The zero-order valence-corrected chi connectivity index (χ0v) is 13.7. The summed E-state index contributed by atoms with van der Waals surface area (Å²) in [6.07, 6.45) is 11.4. The standard InChI is InChI=1S/C20H25N3/c21-14-16-7-1-2-10-19(16)20(15-22)11-5-3-8-17(20)13-18-9-4-6-12-23-18/h4,6,9,12,16-17,19H,1-3,5,7-8,10-11,13H2. The van der Waals surface area contributed by atoms with Crippen molar-refractivity contribution in [3.05, 3.63) is 30.1 Å². The molecule has 1 aromatic heterocycles. The maximum Gasteiger partial charge on any atom is 0.0696 e. The molecule has 2 saturated carbocycles. The van der Waals surface area contributed by atoms with Crippen molar-refractivity contribution in [1.82, 2.24) is 4.98 Å². The lowest BCUT2D eigenvalue weighted by Crippen LogP contribution is -2.44. The highest BCUT2D eigenvalue weighted by molar-refractivity contribution is 5.15. The van der Waals surface area contributed by atoms with Gasteiger partial charge in [-0.15, -0.1) is 0 Å². The van der Waals surface area contributed by atoms with Gasteiger partial charge in [0.25, 0.3) is 0 Å². The van der Waals surface area contributed by atoms with Gasteiger partial charge in [0, 0.05) is 11.9 Å². The van der Waals surface area contributed by atoms with Crippen molar-refractivity contribution in [1.29, 1.82) is 10.5 Å². The van der Waals surface area contributed by atoms with Crippen molar-refractivity contribution in [3.8, 4) is 12.1 Å². The topological polar surface area (TPSA) is 60.5 Å². The van der Waals surface area contributed by atoms with Crippen molar-refractivity contribution >= 4 is 0 Å². The molecule has 4 atom stereocenters. The summed E-state index contributed by atoms with van der Waals surface area (Å²) in [4.78, 5) is 4.48. The van der Waals surface area contributed by atoms with E-state index in [1.165, 1.54) is 12.8 Å². The van der Waals surface area contributed by atoms with Gasteiger partial charge in [0.05, 0.1) is 23.5 Å². The molecule has 0 aromatic carbocycles. The van der Waals surface area contributed by atoms with Gasteiger partial charge in [0.2, 0.25) is 0 Å². The predicted molar refractivity (Wildman–Crippen MR) is 89.0 cm³/mol. The maximum atomic E-state index is 10.2. The van der Waals surface area contributed by atoms with E-state index in [0.717, 1.165) is 50.6 Å². The van der Waals surface area contributed by atoms with Gasteiger partial charge in [-0.05, 0) is 56.1 Å². The molecule has 2 fully saturated rings. The highest BCUT2D eigenvalue weighted by Gasteiger charge is 2.50. The Bertz CT molecular complexity index is 598. The summed E-state index contributed by atoms with van der Waals surface area (Å²) in [5.74, 6) is 0.656. The number of nitriles is 2. The van der Waals surface area contributed by atoms with E-state index in [2.05, 4.69) is 23.2 Å². The van der Waals surface area contributed by atoms with Gasteiger partial charge in [-0.3, -0.25) is 4.98 Å². The first kappa shape index (κ1) is 16.0. The van der Waals surface area contributed by atoms with Crippen molar-refractivity contribution in [3.63, 3.8) is 0 Å². The van der Waals surface area contributed by atoms with Gasteiger partial charge in [-0.2, -0.15) is 10.5 Å². The fourth-order valence-corrected chi connectivity index (χ4v) is 4.95. The highest BCUT2D eigenvalue weighted by Crippen LogP contribution is 2.53. The molecule has 0 aliphatic heterocycles. The SMILES string of the molecule is N#CC1CCCCC1C1(C#N)CCCCC1Cc1ccccn1. The quantitative estimate of drug-likeness (QED) is 0.816. The normalized spacial score (nSPS) is 34.3. The third-order valence-corrected chi connectivity index (χ3v) is 6.10. The van der Waals surface area contributed by atoms with E-state index in [1.54, 1.807) is 0 Å². The van der Waals surface area contributed by atoms with Crippen LogP contribution in [0, 0.1) is 45.8 Å². The molecule has 3 nitrogen and oxygen atoms in total. The minimum atomic E-state index is -0.323. The van der Waals surface area contributed by atoms with Crippen LogP contribution in [0.1, 0.15) is 57.1 Å². The molecular formula is C20H25N3. The molecule has 3 heteroatoms. The van der Waals surface area contributed by atoms with E-state index >= 15 is 0 Å². The van der Waals surface area contributed by atoms with Gasteiger partial charge in [0.1, 0.15) is 0 Å². The number of nitrogens with zero attached hydrogens (tertiary/aromatic N) is 3.